The summed E-state index contributed by atoms with van der Waals surface area (Å²) in [5.74, 6) is 0. The maximum absolute atomic E-state index is 6.19. The van der Waals surface area contributed by atoms with Crippen molar-refractivity contribution in [3.63, 3.8) is 0 Å². The van der Waals surface area contributed by atoms with Crippen LogP contribution in [0.3, 0.4) is 0 Å². The molecular formula is C17H37N5. The van der Waals surface area contributed by atoms with Crippen LogP contribution in [0.25, 0.3) is 0 Å². The zero-order valence-electron chi connectivity index (χ0n) is 14.3. The topological polar surface area (TPSA) is 88.1 Å². The maximum Gasteiger partial charge on any atom is 0.0221 e. The summed E-state index contributed by atoms with van der Waals surface area (Å²) >= 11 is 0. The molecule has 2 aliphatic rings. The highest BCUT2D eigenvalue weighted by Gasteiger charge is 2.25. The van der Waals surface area contributed by atoms with E-state index in [0.717, 1.165) is 19.6 Å². The number of nitrogens with two attached hydrogens (primary N) is 2. The fourth-order valence-corrected chi connectivity index (χ4v) is 3.88. The molecule has 22 heavy (non-hydrogen) atoms. The molecule has 0 aromatic carbocycles. The summed E-state index contributed by atoms with van der Waals surface area (Å²) in [7, 11) is 0. The van der Waals surface area contributed by atoms with Crippen LogP contribution in [0.15, 0.2) is 0 Å². The zero-order valence-corrected chi connectivity index (χ0v) is 14.3. The Morgan fingerprint density at radius 2 is 1.32 bits per heavy atom. The minimum absolute atomic E-state index is 0.233. The minimum atomic E-state index is 0.233. The number of hydrogen-bond acceptors (Lipinski definition) is 5. The normalized spacial score (nSPS) is 34.5. The first kappa shape index (κ1) is 18.1. The van der Waals surface area contributed by atoms with Gasteiger partial charge in [-0.05, 0) is 32.6 Å². The number of hydrogen-bond donors (Lipinski definition) is 5. The predicted molar refractivity (Wildman–Crippen MR) is 93.9 cm³/mol. The Bertz CT molecular complexity index is 297. The van der Waals surface area contributed by atoms with Gasteiger partial charge in [-0.25, -0.2) is 0 Å². The highest BCUT2D eigenvalue weighted by molar-refractivity contribution is 4.88. The first-order chi connectivity index (χ1) is 10.7. The molecule has 2 aliphatic carbocycles. The molecule has 5 heteroatoms. The lowest BCUT2D eigenvalue weighted by Gasteiger charge is -2.34. The van der Waals surface area contributed by atoms with Crippen molar-refractivity contribution in [2.24, 2.45) is 11.5 Å². The first-order valence-corrected chi connectivity index (χ1v) is 9.38. The predicted octanol–water partition coefficient (Wildman–Crippen LogP) is 0.684. The van der Waals surface area contributed by atoms with Crippen molar-refractivity contribution in [2.75, 3.05) is 19.6 Å². The summed E-state index contributed by atoms with van der Waals surface area (Å²) in [6.45, 7) is 5.03. The van der Waals surface area contributed by atoms with Crippen molar-refractivity contribution in [1.82, 2.24) is 16.0 Å². The zero-order chi connectivity index (χ0) is 15.8. The quantitative estimate of drug-likeness (QED) is 0.426. The monoisotopic (exact) mass is 311 g/mol. The number of nitrogens with one attached hydrogen (secondary N) is 3. The van der Waals surface area contributed by atoms with Gasteiger partial charge in [-0.15, -0.1) is 0 Å². The summed E-state index contributed by atoms with van der Waals surface area (Å²) in [5.41, 5.74) is 12.1. The fourth-order valence-electron chi connectivity index (χ4n) is 3.88. The Labute approximate surface area is 136 Å². The van der Waals surface area contributed by atoms with Gasteiger partial charge in [0.05, 0.1) is 0 Å². The first-order valence-electron chi connectivity index (χ1n) is 9.38. The molecule has 0 aromatic rings. The average Bonchev–Trinajstić information content (AvgIpc) is 2.52. The van der Waals surface area contributed by atoms with Gasteiger partial charge in [0.2, 0.25) is 0 Å². The van der Waals surface area contributed by atoms with E-state index in [0.29, 0.717) is 24.2 Å². The average molecular weight is 312 g/mol. The van der Waals surface area contributed by atoms with Crippen LogP contribution in [0, 0.1) is 0 Å². The van der Waals surface area contributed by atoms with Crippen LogP contribution >= 0.6 is 0 Å². The molecular weight excluding hydrogens is 274 g/mol. The molecule has 5 atom stereocenters. The molecule has 5 nitrogen and oxygen atoms in total. The van der Waals surface area contributed by atoms with E-state index in [9.17, 15) is 0 Å². The molecule has 0 spiro atoms. The molecule has 7 N–H and O–H groups in total. The molecule has 0 amide bonds. The summed E-state index contributed by atoms with van der Waals surface area (Å²) in [4.78, 5) is 0. The van der Waals surface area contributed by atoms with E-state index >= 15 is 0 Å². The van der Waals surface area contributed by atoms with Crippen LogP contribution < -0.4 is 27.4 Å². The van der Waals surface area contributed by atoms with Crippen LogP contribution in [0.2, 0.25) is 0 Å². The molecule has 0 heterocycles. The molecule has 2 fully saturated rings. The van der Waals surface area contributed by atoms with Crippen LogP contribution in [-0.4, -0.2) is 49.8 Å². The third-order valence-corrected chi connectivity index (χ3v) is 5.23. The van der Waals surface area contributed by atoms with Gasteiger partial charge in [0.1, 0.15) is 0 Å². The second-order valence-electron chi connectivity index (χ2n) is 7.35. The second kappa shape index (κ2) is 9.83. The van der Waals surface area contributed by atoms with Gasteiger partial charge in [-0.3, -0.25) is 0 Å². The van der Waals surface area contributed by atoms with Crippen LogP contribution in [0.5, 0.6) is 0 Å². The van der Waals surface area contributed by atoms with Gasteiger partial charge >= 0.3 is 0 Å². The van der Waals surface area contributed by atoms with Crippen molar-refractivity contribution in [2.45, 2.75) is 88.5 Å². The second-order valence-corrected chi connectivity index (χ2v) is 7.35. The molecule has 0 bridgehead atoms. The molecule has 2 rings (SSSR count). The van der Waals surface area contributed by atoms with Gasteiger partial charge < -0.3 is 27.4 Å². The van der Waals surface area contributed by atoms with Gasteiger partial charge in [0.15, 0.2) is 0 Å². The maximum atomic E-state index is 6.19. The Hall–Kier alpha value is -0.200. The van der Waals surface area contributed by atoms with Crippen molar-refractivity contribution < 1.29 is 0 Å². The molecule has 2 saturated carbocycles. The standard InChI is InChI=1S/C17H37N5/c1-13(18)12-22-17-9-5-4-8-16(17)21-11-10-20-15-7-3-2-6-14(15)19/h13-17,20-22H,2-12,18-19H2,1H3/t13?,14-,15-,16-,17-/m0/s1. The lowest BCUT2D eigenvalue weighted by atomic mass is 9.90. The molecule has 1 unspecified atom stereocenters. The summed E-state index contributed by atoms with van der Waals surface area (Å²) in [6, 6.07) is 2.28. The fraction of sp³-hybridized carbons (Fsp3) is 1.00. The van der Waals surface area contributed by atoms with E-state index < -0.39 is 0 Å². The SMILES string of the molecule is CC(N)CN[C@H]1CCCC[C@@H]1NCCN[C@H]1CCCC[C@@H]1N. The lowest BCUT2D eigenvalue weighted by molar-refractivity contribution is 0.275. The third-order valence-electron chi connectivity index (χ3n) is 5.23. The Balaban J connectivity index is 1.63. The number of rotatable bonds is 8. The Morgan fingerprint density at radius 3 is 1.91 bits per heavy atom. The van der Waals surface area contributed by atoms with E-state index in [1.807, 2.05) is 0 Å². The lowest BCUT2D eigenvalue weighted by Crippen LogP contribution is -2.54. The molecule has 0 aliphatic heterocycles. The van der Waals surface area contributed by atoms with E-state index in [1.165, 1.54) is 51.4 Å². The largest absolute Gasteiger partial charge is 0.327 e. The van der Waals surface area contributed by atoms with Crippen molar-refractivity contribution in [3.8, 4) is 0 Å². The highest BCUT2D eigenvalue weighted by Crippen LogP contribution is 2.19. The Morgan fingerprint density at radius 1 is 0.818 bits per heavy atom. The van der Waals surface area contributed by atoms with Crippen molar-refractivity contribution >= 4 is 0 Å². The van der Waals surface area contributed by atoms with Crippen LogP contribution in [0.1, 0.15) is 58.3 Å². The molecule has 130 valence electrons. The molecule has 0 radical (unpaired) electrons. The van der Waals surface area contributed by atoms with Crippen LogP contribution in [0.4, 0.5) is 0 Å². The van der Waals surface area contributed by atoms with Crippen LogP contribution in [-0.2, 0) is 0 Å². The van der Waals surface area contributed by atoms with Gasteiger partial charge in [-0.1, -0.05) is 25.7 Å². The smallest absolute Gasteiger partial charge is 0.0221 e. The van der Waals surface area contributed by atoms with Gasteiger partial charge in [0.25, 0.3) is 0 Å². The summed E-state index contributed by atoms with van der Waals surface area (Å²) < 4.78 is 0. The third kappa shape index (κ3) is 6.13. The molecule has 0 aromatic heterocycles. The Kier molecular flexibility index (Phi) is 8.11. The van der Waals surface area contributed by atoms with Gasteiger partial charge in [0, 0.05) is 49.8 Å². The van der Waals surface area contributed by atoms with E-state index in [1.54, 1.807) is 0 Å². The summed E-state index contributed by atoms with van der Waals surface area (Å²) in [6.07, 6.45) is 10.3. The minimum Gasteiger partial charge on any atom is -0.327 e. The van der Waals surface area contributed by atoms with Crippen molar-refractivity contribution in [3.05, 3.63) is 0 Å². The highest BCUT2D eigenvalue weighted by atomic mass is 15.1. The molecule has 0 saturated heterocycles. The summed E-state index contributed by atoms with van der Waals surface area (Å²) in [5, 5.41) is 11.0. The van der Waals surface area contributed by atoms with Crippen molar-refractivity contribution in [1.29, 1.82) is 0 Å². The van der Waals surface area contributed by atoms with E-state index in [2.05, 4.69) is 22.9 Å². The van der Waals surface area contributed by atoms with E-state index in [4.69, 9.17) is 11.5 Å². The van der Waals surface area contributed by atoms with Gasteiger partial charge in [-0.2, -0.15) is 0 Å². The van der Waals surface area contributed by atoms with E-state index in [-0.39, 0.29) is 6.04 Å².